The molecule has 0 radical (unpaired) electrons. The second-order valence-electron chi connectivity index (χ2n) is 6.46. The molecule has 3 rings (SSSR count). The van der Waals surface area contributed by atoms with Crippen molar-refractivity contribution in [3.8, 4) is 0 Å². The van der Waals surface area contributed by atoms with Crippen molar-refractivity contribution in [3.63, 3.8) is 0 Å². The molecule has 0 saturated carbocycles. The van der Waals surface area contributed by atoms with E-state index in [1.807, 2.05) is 44.2 Å². The monoisotopic (exact) mass is 337 g/mol. The van der Waals surface area contributed by atoms with Gasteiger partial charge in [0.2, 0.25) is 11.8 Å². The van der Waals surface area contributed by atoms with Crippen molar-refractivity contribution in [3.05, 3.63) is 59.7 Å². The lowest BCUT2D eigenvalue weighted by Gasteiger charge is -2.32. The van der Waals surface area contributed by atoms with Crippen molar-refractivity contribution < 1.29 is 9.59 Å². The number of carbonyl (C=O) groups is 2. The summed E-state index contributed by atoms with van der Waals surface area (Å²) in [5.41, 5.74) is 3.76. The highest BCUT2D eigenvalue weighted by molar-refractivity contribution is 6.11. The summed E-state index contributed by atoms with van der Waals surface area (Å²) in [6.45, 7) is 5.99. The minimum atomic E-state index is -0.409. The minimum absolute atomic E-state index is 0.0361. The van der Waals surface area contributed by atoms with E-state index in [2.05, 4.69) is 29.7 Å². The summed E-state index contributed by atoms with van der Waals surface area (Å²) in [7, 11) is 0. The quantitative estimate of drug-likeness (QED) is 0.901. The van der Waals surface area contributed by atoms with Crippen LogP contribution < -0.4 is 15.5 Å². The van der Waals surface area contributed by atoms with Gasteiger partial charge in [-0.25, -0.2) is 0 Å². The molecule has 0 aliphatic carbocycles. The molecule has 25 heavy (non-hydrogen) atoms. The Hall–Kier alpha value is -2.66. The standard InChI is InChI=1S/C20H23N3O2/c1-13-8-4-5-9-16(13)14(2)21-15(3)20(25)23-12-19(24)22-17-10-6-7-11-18(17)23/h4-11,14-15,21H,12H2,1-3H3,(H,22,24). The molecule has 0 aromatic heterocycles. The van der Waals surface area contributed by atoms with Crippen molar-refractivity contribution in [1.29, 1.82) is 0 Å². The Morgan fingerprint density at radius 3 is 2.56 bits per heavy atom. The van der Waals surface area contributed by atoms with Crippen LogP contribution in [0.25, 0.3) is 0 Å². The van der Waals surface area contributed by atoms with Gasteiger partial charge in [0.05, 0.1) is 17.4 Å². The molecule has 0 saturated heterocycles. The molecule has 1 aliphatic rings. The Balaban J connectivity index is 1.77. The van der Waals surface area contributed by atoms with E-state index < -0.39 is 6.04 Å². The molecule has 2 N–H and O–H groups in total. The van der Waals surface area contributed by atoms with Crippen LogP contribution in [0.2, 0.25) is 0 Å². The molecule has 0 spiro atoms. The average Bonchev–Trinajstić information content (AvgIpc) is 2.60. The summed E-state index contributed by atoms with van der Waals surface area (Å²) in [5, 5.41) is 6.16. The molecule has 2 unspecified atom stereocenters. The number of amides is 2. The van der Waals surface area contributed by atoms with Gasteiger partial charge < -0.3 is 5.32 Å². The lowest BCUT2D eigenvalue weighted by molar-refractivity contribution is -0.123. The predicted octanol–water partition coefficient (Wildman–Crippen LogP) is 3.02. The van der Waals surface area contributed by atoms with E-state index in [1.165, 1.54) is 11.1 Å². The number of aryl methyl sites for hydroxylation is 1. The predicted molar refractivity (Wildman–Crippen MR) is 99.6 cm³/mol. The molecular weight excluding hydrogens is 314 g/mol. The van der Waals surface area contributed by atoms with Gasteiger partial charge in [-0.2, -0.15) is 0 Å². The second-order valence-corrected chi connectivity index (χ2v) is 6.46. The molecule has 2 amide bonds. The highest BCUT2D eigenvalue weighted by Gasteiger charge is 2.30. The first kappa shape index (κ1) is 17.2. The van der Waals surface area contributed by atoms with Crippen LogP contribution in [0.5, 0.6) is 0 Å². The topological polar surface area (TPSA) is 61.4 Å². The molecule has 1 aliphatic heterocycles. The van der Waals surface area contributed by atoms with E-state index in [1.54, 1.807) is 11.0 Å². The molecule has 1 heterocycles. The molecule has 2 aromatic carbocycles. The van der Waals surface area contributed by atoms with E-state index in [-0.39, 0.29) is 24.4 Å². The lowest BCUT2D eigenvalue weighted by Crippen LogP contribution is -2.50. The zero-order chi connectivity index (χ0) is 18.0. The fraction of sp³-hybridized carbons (Fsp3) is 0.300. The average molecular weight is 337 g/mol. The van der Waals surface area contributed by atoms with E-state index in [0.29, 0.717) is 5.69 Å². The Labute approximate surface area is 148 Å². The number of rotatable bonds is 4. The summed E-state index contributed by atoms with van der Waals surface area (Å²) in [6, 6.07) is 15.1. The maximum Gasteiger partial charge on any atom is 0.244 e. The Kier molecular flexibility index (Phi) is 4.86. The number of fused-ring (bicyclic) bond motifs is 1. The summed E-state index contributed by atoms with van der Waals surface area (Å²) >= 11 is 0. The summed E-state index contributed by atoms with van der Waals surface area (Å²) in [6.07, 6.45) is 0. The zero-order valence-corrected chi connectivity index (χ0v) is 14.7. The second kappa shape index (κ2) is 7.07. The van der Waals surface area contributed by atoms with Crippen molar-refractivity contribution in [2.75, 3.05) is 16.8 Å². The van der Waals surface area contributed by atoms with Gasteiger partial charge in [0.15, 0.2) is 0 Å². The number of benzene rings is 2. The van der Waals surface area contributed by atoms with Gasteiger partial charge >= 0.3 is 0 Å². The smallest absolute Gasteiger partial charge is 0.244 e. The van der Waals surface area contributed by atoms with Crippen LogP contribution in [-0.4, -0.2) is 24.4 Å². The van der Waals surface area contributed by atoms with E-state index in [4.69, 9.17) is 0 Å². The minimum Gasteiger partial charge on any atom is -0.323 e. The lowest BCUT2D eigenvalue weighted by atomic mass is 10.0. The van der Waals surface area contributed by atoms with Gasteiger partial charge in [0.1, 0.15) is 6.54 Å². The van der Waals surface area contributed by atoms with E-state index in [0.717, 1.165) is 5.69 Å². The van der Waals surface area contributed by atoms with Gasteiger partial charge in [-0.15, -0.1) is 0 Å². The molecule has 5 heteroatoms. The molecule has 2 aromatic rings. The van der Waals surface area contributed by atoms with Crippen molar-refractivity contribution >= 4 is 23.2 Å². The maximum absolute atomic E-state index is 12.9. The van der Waals surface area contributed by atoms with Crippen molar-refractivity contribution in [2.24, 2.45) is 0 Å². The largest absolute Gasteiger partial charge is 0.323 e. The first-order valence-electron chi connectivity index (χ1n) is 8.49. The maximum atomic E-state index is 12.9. The molecule has 0 bridgehead atoms. The van der Waals surface area contributed by atoms with Gasteiger partial charge in [0, 0.05) is 6.04 Å². The number of nitrogens with one attached hydrogen (secondary N) is 2. The number of carbonyl (C=O) groups excluding carboxylic acids is 2. The van der Waals surface area contributed by atoms with Crippen LogP contribution >= 0.6 is 0 Å². The molecule has 0 fully saturated rings. The normalized spacial score (nSPS) is 16.0. The fourth-order valence-corrected chi connectivity index (χ4v) is 3.27. The van der Waals surface area contributed by atoms with Crippen LogP contribution in [0.4, 0.5) is 11.4 Å². The van der Waals surface area contributed by atoms with Gasteiger partial charge in [0.25, 0.3) is 0 Å². The number of hydrogen-bond donors (Lipinski definition) is 2. The van der Waals surface area contributed by atoms with Crippen LogP contribution in [0.15, 0.2) is 48.5 Å². The van der Waals surface area contributed by atoms with Crippen LogP contribution in [0.3, 0.4) is 0 Å². The van der Waals surface area contributed by atoms with Crippen LogP contribution in [0.1, 0.15) is 31.0 Å². The third kappa shape index (κ3) is 3.56. The molecule has 130 valence electrons. The highest BCUT2D eigenvalue weighted by Crippen LogP contribution is 2.29. The number of hydrogen-bond acceptors (Lipinski definition) is 3. The fourth-order valence-electron chi connectivity index (χ4n) is 3.27. The first-order chi connectivity index (χ1) is 12.0. The highest BCUT2D eigenvalue weighted by atomic mass is 16.2. The summed E-state index contributed by atoms with van der Waals surface area (Å²) in [5.74, 6) is -0.283. The van der Waals surface area contributed by atoms with Crippen molar-refractivity contribution in [1.82, 2.24) is 5.32 Å². The third-order valence-electron chi connectivity index (χ3n) is 4.56. The third-order valence-corrected chi connectivity index (χ3v) is 4.56. The first-order valence-corrected chi connectivity index (χ1v) is 8.49. The number of anilines is 2. The Bertz CT molecular complexity index is 803. The summed E-state index contributed by atoms with van der Waals surface area (Å²) in [4.78, 5) is 26.4. The van der Waals surface area contributed by atoms with Gasteiger partial charge in [-0.1, -0.05) is 36.4 Å². The molecular formula is C20H23N3O2. The van der Waals surface area contributed by atoms with E-state index in [9.17, 15) is 9.59 Å². The van der Waals surface area contributed by atoms with Gasteiger partial charge in [-0.3, -0.25) is 19.8 Å². The Morgan fingerprint density at radius 2 is 1.80 bits per heavy atom. The summed E-state index contributed by atoms with van der Waals surface area (Å²) < 4.78 is 0. The van der Waals surface area contributed by atoms with Crippen LogP contribution in [0, 0.1) is 6.92 Å². The van der Waals surface area contributed by atoms with Crippen molar-refractivity contribution in [2.45, 2.75) is 32.9 Å². The number of nitrogens with zero attached hydrogens (tertiary/aromatic N) is 1. The Morgan fingerprint density at radius 1 is 1.12 bits per heavy atom. The van der Waals surface area contributed by atoms with Gasteiger partial charge in [-0.05, 0) is 44.0 Å². The number of para-hydroxylation sites is 2. The SMILES string of the molecule is Cc1ccccc1C(C)NC(C)C(=O)N1CC(=O)Nc2ccccc21. The molecule has 5 nitrogen and oxygen atoms in total. The molecule has 2 atom stereocenters. The van der Waals surface area contributed by atoms with E-state index >= 15 is 0 Å². The van der Waals surface area contributed by atoms with Crippen LogP contribution in [-0.2, 0) is 9.59 Å². The zero-order valence-electron chi connectivity index (χ0n) is 14.7.